The van der Waals surface area contributed by atoms with Crippen LogP contribution in [0.2, 0.25) is 0 Å². The van der Waals surface area contributed by atoms with Crippen LogP contribution in [-0.2, 0) is 9.53 Å². The second kappa shape index (κ2) is 5.07. The average molecular weight is 241 g/mol. The van der Waals surface area contributed by atoms with E-state index in [0.29, 0.717) is 19.0 Å². The van der Waals surface area contributed by atoms with Crippen molar-refractivity contribution in [3.63, 3.8) is 0 Å². The maximum absolute atomic E-state index is 11.9. The topological polar surface area (TPSA) is 46.6 Å². The van der Waals surface area contributed by atoms with Crippen LogP contribution >= 0.6 is 0 Å². The van der Waals surface area contributed by atoms with E-state index in [-0.39, 0.29) is 17.8 Å². The van der Waals surface area contributed by atoms with Crippen LogP contribution in [0.4, 0.5) is 4.79 Å². The van der Waals surface area contributed by atoms with Crippen molar-refractivity contribution in [2.75, 3.05) is 13.1 Å². The van der Waals surface area contributed by atoms with Crippen LogP contribution in [-0.4, -0.2) is 35.5 Å². The van der Waals surface area contributed by atoms with Gasteiger partial charge in [0.25, 0.3) is 0 Å². The quantitative estimate of drug-likeness (QED) is 0.708. The van der Waals surface area contributed by atoms with Crippen LogP contribution in [0.15, 0.2) is 0 Å². The zero-order chi connectivity index (χ0) is 13.2. The fourth-order valence-corrected chi connectivity index (χ4v) is 2.09. The van der Waals surface area contributed by atoms with E-state index in [1.54, 1.807) is 11.8 Å². The normalized spacial score (nSPS) is 25.6. The molecule has 0 radical (unpaired) electrons. The number of hydrogen-bond acceptors (Lipinski definition) is 3. The second-order valence-corrected chi connectivity index (χ2v) is 5.91. The molecule has 2 unspecified atom stereocenters. The molecule has 1 aliphatic heterocycles. The van der Waals surface area contributed by atoms with E-state index in [1.165, 1.54) is 0 Å². The Labute approximate surface area is 103 Å². The molecule has 0 aromatic rings. The lowest BCUT2D eigenvalue weighted by atomic mass is 9.85. The van der Waals surface area contributed by atoms with Gasteiger partial charge in [0.2, 0.25) is 0 Å². The largest absolute Gasteiger partial charge is 0.444 e. The van der Waals surface area contributed by atoms with Crippen LogP contribution in [0.5, 0.6) is 0 Å². The zero-order valence-electron chi connectivity index (χ0n) is 11.4. The van der Waals surface area contributed by atoms with Crippen molar-refractivity contribution in [2.45, 2.75) is 46.6 Å². The molecule has 1 saturated heterocycles. The summed E-state index contributed by atoms with van der Waals surface area (Å²) in [6.45, 7) is 10.4. The van der Waals surface area contributed by atoms with Crippen molar-refractivity contribution >= 4 is 11.9 Å². The molecule has 0 aromatic heterocycles. The number of likely N-dealkylation sites (tertiary alicyclic amines) is 1. The van der Waals surface area contributed by atoms with Crippen LogP contribution in [0.3, 0.4) is 0 Å². The van der Waals surface area contributed by atoms with E-state index in [9.17, 15) is 9.59 Å². The average Bonchev–Trinajstić information content (AvgIpc) is 2.14. The van der Waals surface area contributed by atoms with Gasteiger partial charge < -0.3 is 9.64 Å². The third kappa shape index (κ3) is 4.02. The predicted molar refractivity (Wildman–Crippen MR) is 65.8 cm³/mol. The molecule has 0 spiro atoms. The Kier molecular flexibility index (Phi) is 4.17. The second-order valence-electron chi connectivity index (χ2n) is 5.91. The minimum Gasteiger partial charge on any atom is -0.444 e. The fraction of sp³-hybridized carbons (Fsp3) is 0.846. The summed E-state index contributed by atoms with van der Waals surface area (Å²) in [7, 11) is 0. The standard InChI is InChI=1S/C13H23NO3/c1-9-6-7-14(8-11(9)10(2)15)12(16)17-13(3,4)5/h9,11H,6-8H2,1-5H3. The number of carbonyl (C=O) groups is 2. The number of Topliss-reactive ketones (excluding diaryl/α,β-unsaturated/α-hetero) is 1. The molecule has 1 fully saturated rings. The molecule has 4 heteroatoms. The van der Waals surface area contributed by atoms with Crippen LogP contribution in [0.1, 0.15) is 41.0 Å². The van der Waals surface area contributed by atoms with Crippen molar-refractivity contribution in [2.24, 2.45) is 11.8 Å². The number of nitrogens with zero attached hydrogens (tertiary/aromatic N) is 1. The molecule has 2 atom stereocenters. The summed E-state index contributed by atoms with van der Waals surface area (Å²) in [6.07, 6.45) is 0.555. The minimum atomic E-state index is -0.480. The molecular weight excluding hydrogens is 218 g/mol. The van der Waals surface area contributed by atoms with E-state index in [4.69, 9.17) is 4.74 Å². The molecule has 0 aromatic carbocycles. The number of ketones is 1. The maximum atomic E-state index is 11.9. The highest BCUT2D eigenvalue weighted by Gasteiger charge is 2.33. The highest BCUT2D eigenvalue weighted by Crippen LogP contribution is 2.25. The molecular formula is C13H23NO3. The smallest absolute Gasteiger partial charge is 0.410 e. The van der Waals surface area contributed by atoms with Crippen LogP contribution in [0, 0.1) is 11.8 Å². The first-order valence-corrected chi connectivity index (χ1v) is 6.19. The van der Waals surface area contributed by atoms with Crippen molar-refractivity contribution in [1.29, 1.82) is 0 Å². The molecule has 0 saturated carbocycles. The Morgan fingerprint density at radius 3 is 2.35 bits per heavy atom. The third-order valence-electron chi connectivity index (χ3n) is 3.13. The molecule has 1 rings (SSSR count). The number of piperidine rings is 1. The molecule has 0 aliphatic carbocycles. The van der Waals surface area contributed by atoms with E-state index in [0.717, 1.165) is 6.42 Å². The Morgan fingerprint density at radius 1 is 1.29 bits per heavy atom. The minimum absolute atomic E-state index is 0.0451. The van der Waals surface area contributed by atoms with Crippen LogP contribution in [0.25, 0.3) is 0 Å². The van der Waals surface area contributed by atoms with Gasteiger partial charge in [0, 0.05) is 19.0 Å². The first-order chi connectivity index (χ1) is 7.70. The predicted octanol–water partition coefficient (Wildman–Crippen LogP) is 2.47. The van der Waals surface area contributed by atoms with Gasteiger partial charge in [-0.25, -0.2) is 4.79 Å². The molecule has 1 amide bonds. The van der Waals surface area contributed by atoms with E-state index in [2.05, 4.69) is 6.92 Å². The number of rotatable bonds is 1. The lowest BCUT2D eigenvalue weighted by Gasteiger charge is -2.36. The Bertz CT molecular complexity index is 306. The van der Waals surface area contributed by atoms with Gasteiger partial charge in [0.15, 0.2) is 0 Å². The molecule has 0 N–H and O–H groups in total. The summed E-state index contributed by atoms with van der Waals surface area (Å²) >= 11 is 0. The van der Waals surface area contributed by atoms with Gasteiger partial charge in [-0.15, -0.1) is 0 Å². The SMILES string of the molecule is CC(=O)C1CN(C(=O)OC(C)(C)C)CCC1C. The molecule has 4 nitrogen and oxygen atoms in total. The van der Waals surface area contributed by atoms with E-state index >= 15 is 0 Å². The third-order valence-corrected chi connectivity index (χ3v) is 3.13. The van der Waals surface area contributed by atoms with Gasteiger partial charge >= 0.3 is 6.09 Å². The number of amides is 1. The Hall–Kier alpha value is -1.06. The number of ether oxygens (including phenoxy) is 1. The van der Waals surface area contributed by atoms with Gasteiger partial charge in [0.1, 0.15) is 11.4 Å². The summed E-state index contributed by atoms with van der Waals surface area (Å²) in [5, 5.41) is 0. The first kappa shape index (κ1) is 14.0. The lowest BCUT2D eigenvalue weighted by molar-refractivity contribution is -0.123. The van der Waals surface area contributed by atoms with Gasteiger partial charge in [-0.1, -0.05) is 6.92 Å². The summed E-state index contributed by atoms with van der Waals surface area (Å²) in [5.41, 5.74) is -0.480. The van der Waals surface area contributed by atoms with E-state index < -0.39 is 5.60 Å². The van der Waals surface area contributed by atoms with Gasteiger partial charge in [-0.2, -0.15) is 0 Å². The van der Waals surface area contributed by atoms with Gasteiger partial charge in [-0.05, 0) is 40.0 Å². The first-order valence-electron chi connectivity index (χ1n) is 6.19. The summed E-state index contributed by atoms with van der Waals surface area (Å²) < 4.78 is 5.32. The number of hydrogen-bond donors (Lipinski definition) is 0. The highest BCUT2D eigenvalue weighted by atomic mass is 16.6. The van der Waals surface area contributed by atoms with Gasteiger partial charge in [0.05, 0.1) is 0 Å². The van der Waals surface area contributed by atoms with E-state index in [1.807, 2.05) is 20.8 Å². The van der Waals surface area contributed by atoms with Crippen molar-refractivity contribution in [3.8, 4) is 0 Å². The monoisotopic (exact) mass is 241 g/mol. The van der Waals surface area contributed by atoms with Crippen molar-refractivity contribution < 1.29 is 14.3 Å². The summed E-state index contributed by atoms with van der Waals surface area (Å²) in [6, 6.07) is 0. The molecule has 1 aliphatic rings. The summed E-state index contributed by atoms with van der Waals surface area (Å²) in [5.74, 6) is 0.466. The van der Waals surface area contributed by atoms with Gasteiger partial charge in [-0.3, -0.25) is 4.79 Å². The maximum Gasteiger partial charge on any atom is 0.410 e. The Morgan fingerprint density at radius 2 is 1.88 bits per heavy atom. The van der Waals surface area contributed by atoms with Crippen LogP contribution < -0.4 is 0 Å². The molecule has 1 heterocycles. The number of carbonyl (C=O) groups excluding carboxylic acids is 2. The molecule has 98 valence electrons. The lowest BCUT2D eigenvalue weighted by Crippen LogP contribution is -2.47. The van der Waals surface area contributed by atoms with Crippen molar-refractivity contribution in [3.05, 3.63) is 0 Å². The zero-order valence-corrected chi connectivity index (χ0v) is 11.4. The van der Waals surface area contributed by atoms with Crippen molar-refractivity contribution in [1.82, 2.24) is 4.90 Å². The fourth-order valence-electron chi connectivity index (χ4n) is 2.09. The molecule has 0 bridgehead atoms. The Balaban J connectivity index is 2.62. The molecule has 17 heavy (non-hydrogen) atoms. The summed E-state index contributed by atoms with van der Waals surface area (Å²) in [4.78, 5) is 25.0. The highest BCUT2D eigenvalue weighted by molar-refractivity contribution is 5.80.